The SMILES string of the molecule is COc1ccccc1Oc1c(OS(C)(=O)=O)nc(-c2ncccn2)nc1OS(C)(=O)=O. The van der Waals surface area contributed by atoms with Crippen LogP contribution in [0.15, 0.2) is 42.7 Å². The highest BCUT2D eigenvalue weighted by atomic mass is 32.2. The number of ether oxygens (including phenoxy) is 2. The summed E-state index contributed by atoms with van der Waals surface area (Å²) >= 11 is 0. The summed E-state index contributed by atoms with van der Waals surface area (Å²) in [5.41, 5.74) is 0. The van der Waals surface area contributed by atoms with Crippen LogP contribution >= 0.6 is 0 Å². The molecule has 2 aromatic heterocycles. The third-order valence-corrected chi connectivity index (χ3v) is 4.23. The zero-order chi connectivity index (χ0) is 22.6. The highest BCUT2D eigenvalue weighted by Crippen LogP contribution is 2.42. The van der Waals surface area contributed by atoms with Gasteiger partial charge in [-0.1, -0.05) is 12.1 Å². The summed E-state index contributed by atoms with van der Waals surface area (Å²) in [4.78, 5) is 15.9. The van der Waals surface area contributed by atoms with Gasteiger partial charge in [-0.3, -0.25) is 0 Å². The first-order chi connectivity index (χ1) is 14.6. The van der Waals surface area contributed by atoms with E-state index in [1.807, 2.05) is 0 Å². The molecule has 0 atom stereocenters. The molecule has 0 amide bonds. The first-order valence-corrected chi connectivity index (χ1v) is 12.0. The minimum atomic E-state index is -4.11. The van der Waals surface area contributed by atoms with Crippen molar-refractivity contribution in [2.24, 2.45) is 0 Å². The standard InChI is InChI=1S/C17H16N4O8S2/c1-26-11-7-4-5-8-12(11)27-13-16(28-30(2,22)23)20-15(14-18-9-6-10-19-14)21-17(13)29-31(3,24)25/h4-10H,1-3H3. The van der Waals surface area contributed by atoms with Crippen molar-refractivity contribution in [3.8, 4) is 40.7 Å². The van der Waals surface area contributed by atoms with Crippen LogP contribution in [-0.4, -0.2) is 56.4 Å². The zero-order valence-corrected chi connectivity index (χ0v) is 18.0. The molecule has 0 saturated carbocycles. The van der Waals surface area contributed by atoms with Crippen LogP contribution in [0.1, 0.15) is 0 Å². The zero-order valence-electron chi connectivity index (χ0n) is 16.4. The van der Waals surface area contributed by atoms with Crippen LogP contribution in [0.4, 0.5) is 0 Å². The number of aromatic nitrogens is 4. The van der Waals surface area contributed by atoms with Gasteiger partial charge in [0.1, 0.15) is 0 Å². The lowest BCUT2D eigenvalue weighted by Gasteiger charge is -2.15. The fourth-order valence-corrected chi connectivity index (χ4v) is 3.02. The van der Waals surface area contributed by atoms with Crippen molar-refractivity contribution in [2.45, 2.75) is 0 Å². The molecule has 0 saturated heterocycles. The summed E-state index contributed by atoms with van der Waals surface area (Å²) in [6.45, 7) is 0. The van der Waals surface area contributed by atoms with Gasteiger partial charge >= 0.3 is 20.2 Å². The number of para-hydroxylation sites is 2. The van der Waals surface area contributed by atoms with Crippen LogP contribution in [0.25, 0.3) is 11.6 Å². The van der Waals surface area contributed by atoms with E-state index in [2.05, 4.69) is 19.9 Å². The first kappa shape index (κ1) is 22.2. The predicted molar refractivity (Wildman–Crippen MR) is 107 cm³/mol. The van der Waals surface area contributed by atoms with Gasteiger partial charge in [-0.2, -0.15) is 26.8 Å². The monoisotopic (exact) mass is 468 g/mol. The maximum atomic E-state index is 11.8. The van der Waals surface area contributed by atoms with Gasteiger partial charge in [-0.05, 0) is 18.2 Å². The quantitative estimate of drug-likeness (QED) is 0.438. The van der Waals surface area contributed by atoms with E-state index >= 15 is 0 Å². The molecule has 14 heteroatoms. The summed E-state index contributed by atoms with van der Waals surface area (Å²) in [5.74, 6) is -1.73. The van der Waals surface area contributed by atoms with Gasteiger partial charge in [0.2, 0.25) is 5.82 Å². The number of benzene rings is 1. The Morgan fingerprint density at radius 1 is 0.742 bits per heavy atom. The summed E-state index contributed by atoms with van der Waals surface area (Å²) in [6, 6.07) is 7.86. The lowest BCUT2D eigenvalue weighted by atomic mass is 10.3. The Balaban J connectivity index is 2.26. The van der Waals surface area contributed by atoms with E-state index < -0.39 is 37.7 Å². The molecule has 0 aliphatic rings. The number of nitrogens with zero attached hydrogens (tertiary/aromatic N) is 4. The molecule has 0 N–H and O–H groups in total. The Bertz CT molecular complexity index is 1240. The molecule has 0 fully saturated rings. The van der Waals surface area contributed by atoms with E-state index in [-0.39, 0.29) is 23.1 Å². The van der Waals surface area contributed by atoms with E-state index in [1.54, 1.807) is 18.2 Å². The molecule has 0 unspecified atom stereocenters. The Labute approximate surface area is 178 Å². The van der Waals surface area contributed by atoms with Crippen LogP contribution in [0.5, 0.6) is 29.0 Å². The third kappa shape index (κ3) is 5.99. The molecular weight excluding hydrogens is 452 g/mol. The molecule has 3 aromatic rings. The fraction of sp³-hybridized carbons (Fsp3) is 0.176. The Morgan fingerprint density at radius 2 is 1.26 bits per heavy atom. The molecular formula is C17H16N4O8S2. The van der Waals surface area contributed by atoms with Gasteiger partial charge in [0.25, 0.3) is 17.5 Å². The molecule has 0 aliphatic carbocycles. The minimum absolute atomic E-state index is 0.0388. The second kappa shape index (κ2) is 8.69. The van der Waals surface area contributed by atoms with Crippen LogP contribution in [-0.2, 0) is 20.2 Å². The smallest absolute Gasteiger partial charge is 0.307 e. The lowest BCUT2D eigenvalue weighted by molar-refractivity contribution is 0.360. The Kier molecular flexibility index (Phi) is 6.21. The summed E-state index contributed by atoms with van der Waals surface area (Å²) in [7, 11) is -6.84. The predicted octanol–water partition coefficient (Wildman–Crippen LogP) is 1.41. The summed E-state index contributed by atoms with van der Waals surface area (Å²) in [6.07, 6.45) is 4.33. The number of hydrogen-bond acceptors (Lipinski definition) is 12. The van der Waals surface area contributed by atoms with Gasteiger partial charge in [-0.25, -0.2) is 9.97 Å². The average Bonchev–Trinajstić information content (AvgIpc) is 2.69. The van der Waals surface area contributed by atoms with Crippen LogP contribution < -0.4 is 17.8 Å². The topological polar surface area (TPSA) is 157 Å². The maximum Gasteiger partial charge on any atom is 0.307 e. The molecule has 0 radical (unpaired) electrons. The molecule has 0 aliphatic heterocycles. The second-order valence-electron chi connectivity index (χ2n) is 5.89. The van der Waals surface area contributed by atoms with Crippen LogP contribution in [0.3, 0.4) is 0 Å². The fourth-order valence-electron chi connectivity index (χ4n) is 2.23. The molecule has 164 valence electrons. The van der Waals surface area contributed by atoms with E-state index in [0.29, 0.717) is 0 Å². The van der Waals surface area contributed by atoms with E-state index in [0.717, 1.165) is 12.5 Å². The average molecular weight is 468 g/mol. The molecule has 12 nitrogen and oxygen atoms in total. The molecule has 2 heterocycles. The van der Waals surface area contributed by atoms with E-state index in [1.165, 1.54) is 31.6 Å². The second-order valence-corrected chi connectivity index (χ2v) is 9.04. The van der Waals surface area contributed by atoms with Crippen molar-refractivity contribution in [1.29, 1.82) is 0 Å². The normalized spacial score (nSPS) is 11.6. The number of hydrogen-bond donors (Lipinski definition) is 0. The molecule has 3 rings (SSSR count). The van der Waals surface area contributed by atoms with Crippen molar-refractivity contribution in [2.75, 3.05) is 19.6 Å². The highest BCUT2D eigenvalue weighted by molar-refractivity contribution is 7.86. The van der Waals surface area contributed by atoms with Crippen molar-refractivity contribution in [3.63, 3.8) is 0 Å². The van der Waals surface area contributed by atoms with Crippen LogP contribution in [0.2, 0.25) is 0 Å². The highest BCUT2D eigenvalue weighted by Gasteiger charge is 2.27. The lowest BCUT2D eigenvalue weighted by Crippen LogP contribution is -2.13. The molecule has 0 bridgehead atoms. The summed E-state index contributed by atoms with van der Waals surface area (Å²) < 4.78 is 68.0. The largest absolute Gasteiger partial charge is 0.493 e. The Morgan fingerprint density at radius 3 is 1.74 bits per heavy atom. The maximum absolute atomic E-state index is 11.8. The van der Waals surface area contributed by atoms with Crippen molar-refractivity contribution >= 4 is 20.2 Å². The summed E-state index contributed by atoms with van der Waals surface area (Å²) in [5, 5.41) is 0. The van der Waals surface area contributed by atoms with Gasteiger partial charge in [-0.15, -0.1) is 0 Å². The van der Waals surface area contributed by atoms with Crippen molar-refractivity contribution in [1.82, 2.24) is 19.9 Å². The van der Waals surface area contributed by atoms with Gasteiger partial charge in [0.05, 0.1) is 19.6 Å². The Hall–Kier alpha value is -3.52. The molecule has 1 aromatic carbocycles. The first-order valence-electron chi connectivity index (χ1n) is 8.35. The van der Waals surface area contributed by atoms with E-state index in [4.69, 9.17) is 17.8 Å². The third-order valence-electron chi connectivity index (χ3n) is 3.31. The minimum Gasteiger partial charge on any atom is -0.493 e. The number of methoxy groups -OCH3 is 1. The van der Waals surface area contributed by atoms with E-state index in [9.17, 15) is 16.8 Å². The number of rotatable bonds is 8. The molecule has 0 spiro atoms. The van der Waals surface area contributed by atoms with Gasteiger partial charge in [0, 0.05) is 12.4 Å². The van der Waals surface area contributed by atoms with Crippen molar-refractivity contribution in [3.05, 3.63) is 42.7 Å². The van der Waals surface area contributed by atoms with Gasteiger partial charge in [0.15, 0.2) is 17.3 Å². The van der Waals surface area contributed by atoms with Crippen LogP contribution in [0, 0.1) is 0 Å². The van der Waals surface area contributed by atoms with Gasteiger partial charge < -0.3 is 17.8 Å². The van der Waals surface area contributed by atoms with Crippen molar-refractivity contribution < 1.29 is 34.7 Å². The molecule has 31 heavy (non-hydrogen) atoms.